The number of hydrogen-bond donors (Lipinski definition) is 0. The van der Waals surface area contributed by atoms with Gasteiger partial charge in [-0.3, -0.25) is 4.79 Å². The average Bonchev–Trinajstić information content (AvgIpc) is 2.91. The van der Waals surface area contributed by atoms with Crippen LogP contribution in [0.4, 0.5) is 0 Å². The van der Waals surface area contributed by atoms with Crippen molar-refractivity contribution < 1.29 is 9.63 Å². The number of hydrogen-bond acceptors (Lipinski definition) is 3. The van der Waals surface area contributed by atoms with Gasteiger partial charge in [-0.25, -0.2) is 0 Å². The molecule has 1 fully saturated rings. The van der Waals surface area contributed by atoms with Crippen molar-refractivity contribution in [3.8, 4) is 0 Å². The molecule has 0 saturated carbocycles. The molecule has 0 aliphatic carbocycles. The van der Waals surface area contributed by atoms with Crippen LogP contribution in [-0.2, 0) is 9.63 Å². The summed E-state index contributed by atoms with van der Waals surface area (Å²) in [6.07, 6.45) is 3.76. The molecular formula is C17H21ClN2O2. The van der Waals surface area contributed by atoms with E-state index in [1.54, 1.807) is 0 Å². The summed E-state index contributed by atoms with van der Waals surface area (Å²) in [5.74, 6) is 0.0329. The monoisotopic (exact) mass is 320 g/mol. The van der Waals surface area contributed by atoms with E-state index in [4.69, 9.17) is 16.4 Å². The zero-order valence-corrected chi connectivity index (χ0v) is 13.8. The second-order valence-corrected chi connectivity index (χ2v) is 6.77. The van der Waals surface area contributed by atoms with Crippen LogP contribution >= 0.6 is 11.6 Å². The normalized spacial score (nSPS) is 28.2. The van der Waals surface area contributed by atoms with Crippen molar-refractivity contribution in [3.05, 3.63) is 34.9 Å². The molecule has 0 spiro atoms. The zero-order valence-electron chi connectivity index (χ0n) is 13.0. The third-order valence-corrected chi connectivity index (χ3v) is 4.89. The molecule has 1 saturated heterocycles. The van der Waals surface area contributed by atoms with Crippen molar-refractivity contribution in [3.63, 3.8) is 0 Å². The zero-order chi connectivity index (χ0) is 15.7. The molecule has 0 N–H and O–H groups in total. The molecule has 0 aromatic heterocycles. The molecule has 118 valence electrons. The van der Waals surface area contributed by atoms with Crippen LogP contribution in [0.3, 0.4) is 0 Å². The van der Waals surface area contributed by atoms with Crippen LogP contribution in [0.1, 0.15) is 45.1 Å². The average molecular weight is 321 g/mol. The smallest absolute Gasteiger partial charge is 0.269 e. The van der Waals surface area contributed by atoms with Gasteiger partial charge in [0.1, 0.15) is 0 Å². The molecule has 1 aromatic carbocycles. The summed E-state index contributed by atoms with van der Waals surface area (Å²) in [7, 11) is 0. The summed E-state index contributed by atoms with van der Waals surface area (Å²) < 4.78 is 0. The van der Waals surface area contributed by atoms with Crippen molar-refractivity contribution in [2.45, 2.75) is 51.2 Å². The fraction of sp³-hybridized carbons (Fsp3) is 0.529. The third-order valence-electron chi connectivity index (χ3n) is 4.56. The predicted octanol–water partition coefficient (Wildman–Crippen LogP) is 3.62. The molecule has 2 atom stereocenters. The lowest BCUT2D eigenvalue weighted by atomic mass is 9.92. The van der Waals surface area contributed by atoms with E-state index in [1.165, 1.54) is 6.42 Å². The topological polar surface area (TPSA) is 41.9 Å². The van der Waals surface area contributed by atoms with E-state index in [0.717, 1.165) is 30.7 Å². The van der Waals surface area contributed by atoms with Gasteiger partial charge in [0.2, 0.25) is 5.60 Å². The Kier molecular flexibility index (Phi) is 4.13. The number of oxime groups is 1. The van der Waals surface area contributed by atoms with Gasteiger partial charge in [0.25, 0.3) is 5.91 Å². The maximum Gasteiger partial charge on any atom is 0.269 e. The number of nitrogens with zero attached hydrogens (tertiary/aromatic N) is 2. The van der Waals surface area contributed by atoms with Gasteiger partial charge in [0.15, 0.2) is 0 Å². The van der Waals surface area contributed by atoms with E-state index >= 15 is 0 Å². The largest absolute Gasteiger partial charge is 0.379 e. The highest BCUT2D eigenvalue weighted by Gasteiger charge is 2.46. The minimum absolute atomic E-state index is 0.0329. The molecule has 0 unspecified atom stereocenters. The van der Waals surface area contributed by atoms with E-state index in [-0.39, 0.29) is 11.9 Å². The molecule has 1 aromatic rings. The first-order chi connectivity index (χ1) is 10.5. The quantitative estimate of drug-likeness (QED) is 0.835. The molecule has 2 heterocycles. The number of likely N-dealkylation sites (tertiary alicyclic amines) is 1. The van der Waals surface area contributed by atoms with Gasteiger partial charge in [-0.15, -0.1) is 0 Å². The Morgan fingerprint density at radius 1 is 1.41 bits per heavy atom. The number of rotatable bonds is 2. The van der Waals surface area contributed by atoms with Crippen molar-refractivity contribution >= 4 is 23.2 Å². The van der Waals surface area contributed by atoms with Crippen LogP contribution in [0.2, 0.25) is 5.02 Å². The molecule has 3 rings (SSSR count). The maximum atomic E-state index is 12.9. The van der Waals surface area contributed by atoms with Crippen LogP contribution in [-0.4, -0.2) is 34.7 Å². The maximum absolute atomic E-state index is 12.9. The Morgan fingerprint density at radius 2 is 2.18 bits per heavy atom. The lowest BCUT2D eigenvalue weighted by Gasteiger charge is -2.37. The molecule has 22 heavy (non-hydrogen) atoms. The molecule has 4 nitrogen and oxygen atoms in total. The van der Waals surface area contributed by atoms with Crippen molar-refractivity contribution in [2.75, 3.05) is 6.54 Å². The Balaban J connectivity index is 1.77. The Labute approximate surface area is 136 Å². The van der Waals surface area contributed by atoms with E-state index in [0.29, 0.717) is 11.4 Å². The summed E-state index contributed by atoms with van der Waals surface area (Å²) in [4.78, 5) is 20.4. The second-order valence-electron chi connectivity index (χ2n) is 6.36. The molecule has 0 bridgehead atoms. The first kappa shape index (κ1) is 15.3. The van der Waals surface area contributed by atoms with Gasteiger partial charge >= 0.3 is 0 Å². The van der Waals surface area contributed by atoms with Crippen LogP contribution in [0.25, 0.3) is 0 Å². The number of piperidine rings is 1. The van der Waals surface area contributed by atoms with Gasteiger partial charge in [-0.1, -0.05) is 35.0 Å². The van der Waals surface area contributed by atoms with E-state index in [9.17, 15) is 4.79 Å². The summed E-state index contributed by atoms with van der Waals surface area (Å²) >= 11 is 6.22. The summed E-state index contributed by atoms with van der Waals surface area (Å²) in [5.41, 5.74) is 0.665. The Morgan fingerprint density at radius 3 is 2.91 bits per heavy atom. The van der Waals surface area contributed by atoms with E-state index < -0.39 is 5.60 Å². The third kappa shape index (κ3) is 2.72. The van der Waals surface area contributed by atoms with Crippen molar-refractivity contribution in [1.29, 1.82) is 0 Å². The highest BCUT2D eigenvalue weighted by molar-refractivity contribution is 6.34. The number of carbonyl (C=O) groups is 1. The fourth-order valence-corrected chi connectivity index (χ4v) is 3.44. The number of carbonyl (C=O) groups excluding carboxylic acids is 1. The Bertz CT molecular complexity index is 616. The summed E-state index contributed by atoms with van der Waals surface area (Å²) in [5, 5.41) is 4.78. The summed E-state index contributed by atoms with van der Waals surface area (Å²) in [6.45, 7) is 4.73. The first-order valence-electron chi connectivity index (χ1n) is 7.82. The Hall–Kier alpha value is -1.55. The molecule has 5 heteroatoms. The molecule has 2 aliphatic heterocycles. The van der Waals surface area contributed by atoms with Gasteiger partial charge in [-0.05, 0) is 39.2 Å². The molecular weight excluding hydrogens is 300 g/mol. The van der Waals surface area contributed by atoms with Crippen molar-refractivity contribution in [2.24, 2.45) is 5.16 Å². The lowest BCUT2D eigenvalue weighted by molar-refractivity contribution is -0.156. The minimum Gasteiger partial charge on any atom is -0.379 e. The minimum atomic E-state index is -0.917. The summed E-state index contributed by atoms with van der Waals surface area (Å²) in [6, 6.07) is 7.79. The van der Waals surface area contributed by atoms with Crippen molar-refractivity contribution in [1.82, 2.24) is 4.90 Å². The lowest BCUT2D eigenvalue weighted by Crippen LogP contribution is -2.52. The van der Waals surface area contributed by atoms with Gasteiger partial charge in [0.05, 0.1) is 5.71 Å². The molecule has 2 aliphatic rings. The number of halogens is 1. The highest BCUT2D eigenvalue weighted by Crippen LogP contribution is 2.32. The van der Waals surface area contributed by atoms with Crippen LogP contribution in [0.5, 0.6) is 0 Å². The second kappa shape index (κ2) is 5.92. The number of benzene rings is 1. The predicted molar refractivity (Wildman–Crippen MR) is 87.1 cm³/mol. The molecule has 1 amide bonds. The van der Waals surface area contributed by atoms with Crippen LogP contribution in [0, 0.1) is 0 Å². The van der Waals surface area contributed by atoms with Crippen LogP contribution < -0.4 is 0 Å². The fourth-order valence-electron chi connectivity index (χ4n) is 3.20. The van der Waals surface area contributed by atoms with Gasteiger partial charge < -0.3 is 9.74 Å². The molecule has 0 radical (unpaired) electrons. The highest BCUT2D eigenvalue weighted by atomic mass is 35.5. The van der Waals surface area contributed by atoms with E-state index in [2.05, 4.69) is 12.1 Å². The standard InChI is InChI=1S/C17H21ClN2O2/c1-12-7-5-6-10-20(12)16(21)17(2)11-15(19-22-17)13-8-3-4-9-14(13)18/h3-4,8-9,12H,5-7,10-11H2,1-2H3/t12-,17-/m1/s1. The van der Waals surface area contributed by atoms with Crippen LogP contribution in [0.15, 0.2) is 29.4 Å². The SMILES string of the molecule is C[C@@H]1CCCCN1C(=O)[C@@]1(C)CC(c2ccccc2Cl)=NO1. The van der Waals surface area contributed by atoms with E-state index in [1.807, 2.05) is 36.1 Å². The van der Waals surface area contributed by atoms with Gasteiger partial charge in [-0.2, -0.15) is 0 Å². The van der Waals surface area contributed by atoms with Gasteiger partial charge in [0, 0.05) is 29.6 Å². The first-order valence-corrected chi connectivity index (χ1v) is 8.20. The number of amides is 1.